The molecule has 0 saturated carbocycles. The quantitative estimate of drug-likeness (QED) is 0.302. The number of hydrogen-bond acceptors (Lipinski definition) is 8. The number of ether oxygens (including phenoxy) is 2. The smallest absolute Gasteiger partial charge is 0.416 e. The summed E-state index contributed by atoms with van der Waals surface area (Å²) in [6.07, 6.45) is -4.82. The lowest BCUT2D eigenvalue weighted by Gasteiger charge is -2.26. The van der Waals surface area contributed by atoms with Crippen LogP contribution in [0.4, 0.5) is 23.1 Å². The van der Waals surface area contributed by atoms with Gasteiger partial charge in [0.2, 0.25) is 11.8 Å². The maximum absolute atomic E-state index is 13.9. The first kappa shape index (κ1) is 26.8. The first-order chi connectivity index (χ1) is 17.7. The van der Waals surface area contributed by atoms with Gasteiger partial charge in [-0.3, -0.25) is 4.79 Å². The summed E-state index contributed by atoms with van der Waals surface area (Å²) in [7, 11) is 0. The third-order valence-corrected chi connectivity index (χ3v) is 6.18. The second kappa shape index (κ2) is 9.89. The molecule has 2 heterocycles. The first-order valence-electron chi connectivity index (χ1n) is 11.1. The van der Waals surface area contributed by atoms with Crippen LogP contribution in [0.5, 0.6) is 17.4 Å². The highest BCUT2D eigenvalue weighted by atomic mass is 32.1. The van der Waals surface area contributed by atoms with Crippen LogP contribution in [0, 0.1) is 0 Å². The molecule has 0 atom stereocenters. The molecule has 4 rings (SSSR count). The SMILES string of the molecule is CC(=O)Nc1nc2c(Oc3cc(-c4cc(C(C)(C)C)c(C(F)(F)F)cc4OC(N)=O)ncn3)cccc2s1. The van der Waals surface area contributed by atoms with Gasteiger partial charge in [0, 0.05) is 18.6 Å². The number of amides is 2. The molecule has 0 unspecified atom stereocenters. The van der Waals surface area contributed by atoms with Crippen molar-refractivity contribution in [1.29, 1.82) is 0 Å². The zero-order valence-electron chi connectivity index (χ0n) is 20.6. The van der Waals surface area contributed by atoms with Crippen LogP contribution in [0.15, 0.2) is 42.7 Å². The molecule has 0 spiro atoms. The fourth-order valence-electron chi connectivity index (χ4n) is 3.69. The number of primary amides is 1. The summed E-state index contributed by atoms with van der Waals surface area (Å²) < 4.78 is 53.3. The Morgan fingerprint density at radius 3 is 2.39 bits per heavy atom. The number of hydrogen-bond donors (Lipinski definition) is 2. The zero-order valence-corrected chi connectivity index (χ0v) is 21.5. The van der Waals surface area contributed by atoms with Gasteiger partial charge in [-0.1, -0.05) is 38.2 Å². The van der Waals surface area contributed by atoms with Crippen LogP contribution in [0.25, 0.3) is 21.5 Å². The standard InChI is InChI=1S/C25H22F3N5O4S/c1-12(34)32-23-33-21-17(6-5-7-19(21)38-23)36-20-10-16(30-11-31-20)13-8-14(24(2,3)4)15(25(26,27)28)9-18(13)37-22(29)35/h5-11H,1-4H3,(H2,29,35)(H,32,33,34). The summed E-state index contributed by atoms with van der Waals surface area (Å²) in [4.78, 5) is 35.6. The van der Waals surface area contributed by atoms with Gasteiger partial charge in [0.25, 0.3) is 0 Å². The number of para-hydroxylation sites is 1. The molecule has 9 nitrogen and oxygen atoms in total. The van der Waals surface area contributed by atoms with Crippen LogP contribution >= 0.6 is 11.3 Å². The van der Waals surface area contributed by atoms with E-state index in [1.54, 1.807) is 39.0 Å². The van der Waals surface area contributed by atoms with Gasteiger partial charge in [0.1, 0.15) is 17.6 Å². The van der Waals surface area contributed by atoms with Gasteiger partial charge in [-0.2, -0.15) is 13.2 Å². The zero-order chi connectivity index (χ0) is 27.8. The summed E-state index contributed by atoms with van der Waals surface area (Å²) in [5.41, 5.74) is 3.94. The predicted octanol–water partition coefficient (Wildman–Crippen LogP) is 6.28. The van der Waals surface area contributed by atoms with Crippen LogP contribution in [0.1, 0.15) is 38.8 Å². The number of halogens is 3. The summed E-state index contributed by atoms with van der Waals surface area (Å²) in [6.45, 7) is 6.27. The van der Waals surface area contributed by atoms with Crippen molar-refractivity contribution >= 4 is 38.7 Å². The third kappa shape index (κ3) is 5.83. The van der Waals surface area contributed by atoms with Gasteiger partial charge in [-0.05, 0) is 35.2 Å². The number of nitrogens with one attached hydrogen (secondary N) is 1. The van der Waals surface area contributed by atoms with E-state index >= 15 is 0 Å². The summed E-state index contributed by atoms with van der Waals surface area (Å²) >= 11 is 1.26. The van der Waals surface area contributed by atoms with Crippen molar-refractivity contribution in [2.45, 2.75) is 39.3 Å². The molecule has 0 aliphatic rings. The van der Waals surface area contributed by atoms with E-state index in [4.69, 9.17) is 15.2 Å². The maximum Gasteiger partial charge on any atom is 0.416 e. The van der Waals surface area contributed by atoms with Crippen LogP contribution in [0.2, 0.25) is 0 Å². The maximum atomic E-state index is 13.9. The first-order valence-corrected chi connectivity index (χ1v) is 11.9. The van der Waals surface area contributed by atoms with Crippen molar-refractivity contribution in [2.24, 2.45) is 5.73 Å². The molecular formula is C25H22F3N5O4S. The Bertz CT molecular complexity index is 1550. The number of carbonyl (C=O) groups is 2. The van der Waals surface area contributed by atoms with Crippen LogP contribution in [-0.4, -0.2) is 27.0 Å². The number of carbonyl (C=O) groups excluding carboxylic acids is 2. The van der Waals surface area contributed by atoms with Crippen molar-refractivity contribution < 1.29 is 32.2 Å². The normalized spacial score (nSPS) is 11.9. The fourth-order valence-corrected chi connectivity index (χ4v) is 4.62. The van der Waals surface area contributed by atoms with E-state index in [-0.39, 0.29) is 28.6 Å². The predicted molar refractivity (Wildman–Crippen MR) is 135 cm³/mol. The number of nitrogens with zero attached hydrogens (tertiary/aromatic N) is 3. The lowest BCUT2D eigenvalue weighted by molar-refractivity contribution is -0.138. The van der Waals surface area contributed by atoms with E-state index < -0.39 is 29.0 Å². The second-order valence-electron chi connectivity index (χ2n) is 9.21. The molecular weight excluding hydrogens is 523 g/mol. The van der Waals surface area contributed by atoms with E-state index in [0.717, 1.165) is 17.1 Å². The Morgan fingerprint density at radius 2 is 1.76 bits per heavy atom. The van der Waals surface area contributed by atoms with Crippen LogP contribution in [-0.2, 0) is 16.4 Å². The van der Waals surface area contributed by atoms with E-state index in [0.29, 0.717) is 16.4 Å². The number of rotatable bonds is 5. The largest absolute Gasteiger partial charge is 0.437 e. The van der Waals surface area contributed by atoms with Gasteiger partial charge >= 0.3 is 12.3 Å². The summed E-state index contributed by atoms with van der Waals surface area (Å²) in [6, 6.07) is 8.60. The Hall–Kier alpha value is -4.26. The number of anilines is 1. The lowest BCUT2D eigenvalue weighted by Crippen LogP contribution is -2.22. The highest BCUT2D eigenvalue weighted by Crippen LogP contribution is 2.44. The third-order valence-electron chi connectivity index (χ3n) is 5.24. The molecule has 0 fully saturated rings. The van der Waals surface area contributed by atoms with E-state index in [2.05, 4.69) is 20.3 Å². The molecule has 2 aromatic heterocycles. The highest BCUT2D eigenvalue weighted by Gasteiger charge is 2.38. The molecule has 2 aromatic carbocycles. The fraction of sp³-hybridized carbons (Fsp3) is 0.240. The van der Waals surface area contributed by atoms with Gasteiger partial charge in [0.05, 0.1) is 16.0 Å². The van der Waals surface area contributed by atoms with E-state index in [1.807, 2.05) is 0 Å². The molecule has 0 aliphatic carbocycles. The second-order valence-corrected chi connectivity index (χ2v) is 10.2. The number of aromatic nitrogens is 3. The molecule has 198 valence electrons. The Morgan fingerprint density at radius 1 is 1.03 bits per heavy atom. The van der Waals surface area contributed by atoms with Crippen molar-refractivity contribution in [3.8, 4) is 28.6 Å². The molecule has 0 radical (unpaired) electrons. The minimum atomic E-state index is -4.71. The van der Waals surface area contributed by atoms with Gasteiger partial charge in [-0.25, -0.2) is 19.7 Å². The molecule has 4 aromatic rings. The van der Waals surface area contributed by atoms with E-state index in [9.17, 15) is 22.8 Å². The van der Waals surface area contributed by atoms with Crippen molar-refractivity contribution in [3.05, 3.63) is 53.9 Å². The van der Waals surface area contributed by atoms with Crippen molar-refractivity contribution in [3.63, 3.8) is 0 Å². The van der Waals surface area contributed by atoms with Crippen LogP contribution < -0.4 is 20.5 Å². The van der Waals surface area contributed by atoms with Gasteiger partial charge in [-0.15, -0.1) is 0 Å². The van der Waals surface area contributed by atoms with Gasteiger partial charge < -0.3 is 20.5 Å². The number of alkyl halides is 3. The Kier molecular flexibility index (Phi) is 6.98. The minimum Gasteiger partial charge on any atom is -0.437 e. The molecule has 38 heavy (non-hydrogen) atoms. The van der Waals surface area contributed by atoms with E-state index in [1.165, 1.54) is 30.4 Å². The summed E-state index contributed by atoms with van der Waals surface area (Å²) in [5.74, 6) is -0.300. The molecule has 2 amide bonds. The minimum absolute atomic E-state index is 0.0318. The average molecular weight is 546 g/mol. The molecule has 0 bridgehead atoms. The van der Waals surface area contributed by atoms with Crippen molar-refractivity contribution in [1.82, 2.24) is 15.0 Å². The Balaban J connectivity index is 1.80. The van der Waals surface area contributed by atoms with Crippen LogP contribution in [0.3, 0.4) is 0 Å². The molecule has 0 aliphatic heterocycles. The monoisotopic (exact) mass is 545 g/mol. The molecule has 0 saturated heterocycles. The molecule has 3 N–H and O–H groups in total. The topological polar surface area (TPSA) is 129 Å². The summed E-state index contributed by atoms with van der Waals surface area (Å²) in [5, 5.41) is 3.01. The number of nitrogens with two attached hydrogens (primary N) is 1. The van der Waals surface area contributed by atoms with Crippen molar-refractivity contribution in [2.75, 3.05) is 5.32 Å². The number of benzene rings is 2. The Labute approximate surface area is 218 Å². The van der Waals surface area contributed by atoms with Gasteiger partial charge in [0.15, 0.2) is 10.9 Å². The lowest BCUT2D eigenvalue weighted by atomic mass is 9.82. The highest BCUT2D eigenvalue weighted by molar-refractivity contribution is 7.22. The average Bonchev–Trinajstić information content (AvgIpc) is 3.20. The number of fused-ring (bicyclic) bond motifs is 1. The molecule has 13 heteroatoms. The number of thiazole rings is 1.